The van der Waals surface area contributed by atoms with E-state index >= 15 is 0 Å². The summed E-state index contributed by atoms with van der Waals surface area (Å²) in [6.07, 6.45) is 27.2. The number of hydrogen-bond acceptors (Lipinski definition) is 2. The molecule has 5 aromatic rings. The lowest BCUT2D eigenvalue weighted by molar-refractivity contribution is 1.27. The molecule has 0 heterocycles. The number of para-hydroxylation sites is 1. The Bertz CT molecular complexity index is 2310. The van der Waals surface area contributed by atoms with Crippen LogP contribution in [-0.4, -0.2) is 6.21 Å². The molecule has 0 fully saturated rings. The van der Waals surface area contributed by atoms with Crippen molar-refractivity contribution in [2.24, 2.45) is 4.99 Å². The topological polar surface area (TPSA) is 24.4 Å². The Balaban J connectivity index is 1.47. The van der Waals surface area contributed by atoms with Gasteiger partial charge in [-0.05, 0) is 114 Å². The van der Waals surface area contributed by atoms with Crippen LogP contribution in [0.15, 0.2) is 218 Å². The first kappa shape index (κ1) is 39.4. The highest BCUT2D eigenvalue weighted by Gasteiger charge is 2.11. The minimum atomic E-state index is 0.846. The van der Waals surface area contributed by atoms with Gasteiger partial charge in [0, 0.05) is 28.7 Å². The fourth-order valence-electron chi connectivity index (χ4n) is 6.13. The zero-order valence-corrected chi connectivity index (χ0v) is 32.2. The van der Waals surface area contributed by atoms with Gasteiger partial charge >= 0.3 is 0 Å². The molecule has 0 aliphatic rings. The molecule has 55 heavy (non-hydrogen) atoms. The monoisotopic (exact) mass is 714 g/mol. The molecule has 0 saturated carbocycles. The first-order valence-corrected chi connectivity index (χ1v) is 18.8. The summed E-state index contributed by atoms with van der Waals surface area (Å²) in [5.41, 5.74) is 13.5. The second-order valence-electron chi connectivity index (χ2n) is 12.9. The Kier molecular flexibility index (Phi) is 15.1. The fraction of sp³-hybridized carbons (Fsp3) is 0.0755. The number of nitrogens with one attached hydrogen (secondary N) is 1. The summed E-state index contributed by atoms with van der Waals surface area (Å²) in [5, 5.41) is 3.72. The Morgan fingerprint density at radius 1 is 0.582 bits per heavy atom. The van der Waals surface area contributed by atoms with E-state index in [-0.39, 0.29) is 0 Å². The number of nitrogens with zero attached hydrogens (tertiary/aromatic N) is 1. The van der Waals surface area contributed by atoms with Crippen molar-refractivity contribution in [2.75, 3.05) is 5.32 Å². The molecule has 2 nitrogen and oxygen atoms in total. The quantitative estimate of drug-likeness (QED) is 0.0799. The van der Waals surface area contributed by atoms with E-state index in [0.717, 1.165) is 62.5 Å². The van der Waals surface area contributed by atoms with Gasteiger partial charge in [0.05, 0.1) is 5.69 Å². The second-order valence-corrected chi connectivity index (χ2v) is 12.9. The van der Waals surface area contributed by atoms with Gasteiger partial charge < -0.3 is 5.32 Å². The summed E-state index contributed by atoms with van der Waals surface area (Å²) in [6.45, 7) is 15.0. The number of allylic oxidation sites excluding steroid dienone is 15. The highest BCUT2D eigenvalue weighted by molar-refractivity contribution is 5.93. The van der Waals surface area contributed by atoms with Gasteiger partial charge in [0.1, 0.15) is 0 Å². The summed E-state index contributed by atoms with van der Waals surface area (Å²) in [5.74, 6) is 0. The van der Waals surface area contributed by atoms with Gasteiger partial charge in [-0.1, -0.05) is 171 Å². The molecular formula is C53H50N2. The molecule has 0 aliphatic heterocycles. The molecule has 272 valence electrons. The highest BCUT2D eigenvalue weighted by Crippen LogP contribution is 2.34. The zero-order chi connectivity index (χ0) is 38.7. The van der Waals surface area contributed by atoms with E-state index in [1.165, 1.54) is 16.7 Å². The third kappa shape index (κ3) is 11.6. The smallest absolute Gasteiger partial charge is 0.0708 e. The fourth-order valence-corrected chi connectivity index (χ4v) is 6.13. The molecule has 0 aliphatic carbocycles. The highest BCUT2D eigenvalue weighted by atomic mass is 14.9. The molecule has 0 atom stereocenters. The van der Waals surface area contributed by atoms with Crippen LogP contribution in [0.3, 0.4) is 0 Å². The summed E-state index contributed by atoms with van der Waals surface area (Å²) in [7, 11) is 0. The Morgan fingerprint density at radius 3 is 2.05 bits per heavy atom. The molecule has 0 unspecified atom stereocenters. The maximum atomic E-state index is 4.77. The van der Waals surface area contributed by atoms with Crippen molar-refractivity contribution in [1.29, 1.82) is 0 Å². The average molecular weight is 715 g/mol. The van der Waals surface area contributed by atoms with E-state index < -0.39 is 0 Å². The molecule has 2 heteroatoms. The van der Waals surface area contributed by atoms with E-state index in [1.54, 1.807) is 0 Å². The van der Waals surface area contributed by atoms with Crippen LogP contribution in [0.2, 0.25) is 0 Å². The number of benzene rings is 5. The molecule has 5 aromatic carbocycles. The van der Waals surface area contributed by atoms with Crippen LogP contribution in [-0.2, 0) is 6.42 Å². The Hall–Kier alpha value is -6.77. The summed E-state index contributed by atoms with van der Waals surface area (Å²) >= 11 is 0. The van der Waals surface area contributed by atoms with E-state index in [4.69, 9.17) is 4.99 Å². The third-order valence-electron chi connectivity index (χ3n) is 8.86. The maximum Gasteiger partial charge on any atom is 0.0708 e. The van der Waals surface area contributed by atoms with Gasteiger partial charge in [-0.25, -0.2) is 0 Å². The normalized spacial score (nSPS) is 12.6. The third-order valence-corrected chi connectivity index (χ3v) is 8.86. The van der Waals surface area contributed by atoms with Crippen molar-refractivity contribution >= 4 is 45.6 Å². The Labute approximate surface area is 328 Å². The lowest BCUT2D eigenvalue weighted by Crippen LogP contribution is -1.97. The minimum Gasteiger partial charge on any atom is -0.355 e. The molecular weight excluding hydrogens is 665 g/mol. The predicted octanol–water partition coefficient (Wildman–Crippen LogP) is 14.8. The first-order valence-electron chi connectivity index (χ1n) is 18.8. The zero-order valence-electron chi connectivity index (χ0n) is 32.2. The van der Waals surface area contributed by atoms with E-state index in [9.17, 15) is 0 Å². The number of anilines is 2. The largest absolute Gasteiger partial charge is 0.355 e. The van der Waals surface area contributed by atoms with Gasteiger partial charge in [-0.2, -0.15) is 0 Å². The van der Waals surface area contributed by atoms with Crippen molar-refractivity contribution in [1.82, 2.24) is 0 Å². The van der Waals surface area contributed by atoms with Crippen molar-refractivity contribution < 1.29 is 0 Å². The summed E-state index contributed by atoms with van der Waals surface area (Å²) in [4.78, 5) is 4.77. The Morgan fingerprint density at radius 2 is 1.29 bits per heavy atom. The van der Waals surface area contributed by atoms with E-state index in [2.05, 4.69) is 170 Å². The number of hydrogen-bond donors (Lipinski definition) is 1. The van der Waals surface area contributed by atoms with Crippen LogP contribution in [0.25, 0.3) is 22.3 Å². The van der Waals surface area contributed by atoms with Crippen LogP contribution in [0.1, 0.15) is 54.2 Å². The predicted molar refractivity (Wildman–Crippen MR) is 243 cm³/mol. The number of rotatable bonds is 16. The molecule has 0 spiro atoms. The van der Waals surface area contributed by atoms with Crippen molar-refractivity contribution in [3.05, 3.63) is 247 Å². The first-order chi connectivity index (χ1) is 27.0. The van der Waals surface area contributed by atoms with Crippen molar-refractivity contribution in [3.63, 3.8) is 0 Å². The lowest BCUT2D eigenvalue weighted by atomic mass is 9.94. The molecule has 0 radical (unpaired) electrons. The molecule has 5 rings (SSSR count). The van der Waals surface area contributed by atoms with Gasteiger partial charge in [0.2, 0.25) is 0 Å². The van der Waals surface area contributed by atoms with Gasteiger partial charge in [0.15, 0.2) is 0 Å². The summed E-state index contributed by atoms with van der Waals surface area (Å²) in [6, 6.07) is 44.5. The second kappa shape index (κ2) is 21.1. The van der Waals surface area contributed by atoms with E-state index in [1.807, 2.05) is 75.6 Å². The van der Waals surface area contributed by atoms with E-state index in [0.29, 0.717) is 0 Å². The molecule has 1 N–H and O–H groups in total. The SMILES string of the molecule is C=C(/C=C\C=C/C)c1cc(C(/C=C\C)=C/C(=C)c2ccccc2Nc2cccc(/C(=C\Cc3ccccc3)c3ccccc3)c2)ccc1N=C/C=C\C=C/C. The van der Waals surface area contributed by atoms with Crippen LogP contribution < -0.4 is 5.32 Å². The molecule has 0 aromatic heterocycles. The standard InChI is InChI=1S/C53H50N2/c1-6-9-11-21-37-54-52-36-34-46(40-51(52)41(4)24-14-10-7-2)45(23-8-3)38-42(5)49-31-19-20-32-53(49)55-48-30-22-29-47(39-48)50(44-27-17-13-18-28-44)35-33-43-25-15-12-16-26-43/h6-32,34-40,55H,4-5,33H2,1-3H3/b9-6-,10-7-,21-11-,23-8-,24-14-,45-38+,50-35-,54-37?. The van der Waals surface area contributed by atoms with Crippen molar-refractivity contribution in [2.45, 2.75) is 27.2 Å². The van der Waals surface area contributed by atoms with Gasteiger partial charge in [-0.15, -0.1) is 0 Å². The lowest BCUT2D eigenvalue weighted by Gasteiger charge is -2.16. The molecule has 0 bridgehead atoms. The van der Waals surface area contributed by atoms with Gasteiger partial charge in [-0.3, -0.25) is 4.99 Å². The van der Waals surface area contributed by atoms with Crippen LogP contribution in [0, 0.1) is 0 Å². The van der Waals surface area contributed by atoms with Gasteiger partial charge in [0.25, 0.3) is 0 Å². The molecule has 0 amide bonds. The maximum absolute atomic E-state index is 4.77. The average Bonchev–Trinajstić information content (AvgIpc) is 3.22. The van der Waals surface area contributed by atoms with Crippen LogP contribution in [0.4, 0.5) is 17.1 Å². The summed E-state index contributed by atoms with van der Waals surface area (Å²) < 4.78 is 0. The minimum absolute atomic E-state index is 0.846. The number of aliphatic imine (C=N–C) groups is 1. The van der Waals surface area contributed by atoms with Crippen LogP contribution in [0.5, 0.6) is 0 Å². The van der Waals surface area contributed by atoms with Crippen LogP contribution >= 0.6 is 0 Å². The van der Waals surface area contributed by atoms with Crippen molar-refractivity contribution in [3.8, 4) is 0 Å². The molecule has 0 saturated heterocycles.